The Balaban J connectivity index is 0.000000364. The first-order valence-electron chi connectivity index (χ1n) is 3.96. The van der Waals surface area contributed by atoms with Crippen molar-refractivity contribution in [1.29, 1.82) is 0 Å². The normalized spacial score (nSPS) is 8.43. The van der Waals surface area contributed by atoms with Gasteiger partial charge in [-0.1, -0.05) is 19.1 Å². The Morgan fingerprint density at radius 3 is 2.29 bits per heavy atom. The van der Waals surface area contributed by atoms with E-state index in [2.05, 4.69) is 15.9 Å². The quantitative estimate of drug-likeness (QED) is 0.466. The second-order valence-corrected chi connectivity index (χ2v) is 3.14. The number of aldehydes is 1. The third kappa shape index (κ3) is 4.71. The molecule has 0 unspecified atom stereocenters. The Hall–Kier alpha value is -1.23. The summed E-state index contributed by atoms with van der Waals surface area (Å²) in [7, 11) is 0. The molecule has 0 spiro atoms. The van der Waals surface area contributed by atoms with Crippen molar-refractivity contribution in [3.05, 3.63) is 38.9 Å². The van der Waals surface area contributed by atoms with Crippen LogP contribution in [0.15, 0.2) is 28.7 Å². The van der Waals surface area contributed by atoms with Crippen LogP contribution in [0, 0.1) is 10.1 Å². The number of hydrogen-bond acceptors (Lipinski definition) is 3. The first-order valence-corrected chi connectivity index (χ1v) is 4.75. The maximum absolute atomic E-state index is 10.2. The predicted molar refractivity (Wildman–Crippen MR) is 57.2 cm³/mol. The van der Waals surface area contributed by atoms with Crippen molar-refractivity contribution in [2.24, 2.45) is 0 Å². The van der Waals surface area contributed by atoms with Crippen LogP contribution < -0.4 is 0 Å². The zero-order chi connectivity index (χ0) is 11.0. The fourth-order valence-corrected chi connectivity index (χ4v) is 1.03. The molecule has 0 N–H and O–H groups in total. The van der Waals surface area contributed by atoms with Gasteiger partial charge in [0.15, 0.2) is 0 Å². The third-order valence-corrected chi connectivity index (χ3v) is 1.89. The standard InChI is InChI=1S/C6H4BrNO2.C3H6O/c7-5-3-1-2-4-6(5)8(9)10;1-2-3-4/h1-4H;3H,2H2,1H3. The minimum atomic E-state index is -0.427. The van der Waals surface area contributed by atoms with Gasteiger partial charge in [-0.2, -0.15) is 0 Å². The van der Waals surface area contributed by atoms with Crippen LogP contribution in [-0.2, 0) is 4.79 Å². The van der Waals surface area contributed by atoms with Crippen molar-refractivity contribution in [2.45, 2.75) is 13.3 Å². The number of nitro benzene ring substituents is 1. The molecule has 5 heteroatoms. The fourth-order valence-electron chi connectivity index (χ4n) is 0.600. The fraction of sp³-hybridized carbons (Fsp3) is 0.222. The van der Waals surface area contributed by atoms with Crippen LogP contribution in [0.2, 0.25) is 0 Å². The molecular formula is C9H10BrNO3. The van der Waals surface area contributed by atoms with E-state index in [1.54, 1.807) is 18.2 Å². The number of halogens is 1. The molecule has 0 saturated heterocycles. The Kier molecular flexibility index (Phi) is 6.57. The zero-order valence-electron chi connectivity index (χ0n) is 7.64. The van der Waals surface area contributed by atoms with Crippen molar-refractivity contribution in [1.82, 2.24) is 0 Å². The van der Waals surface area contributed by atoms with E-state index in [4.69, 9.17) is 0 Å². The highest BCUT2D eigenvalue weighted by Crippen LogP contribution is 2.22. The van der Waals surface area contributed by atoms with Crippen LogP contribution in [0.3, 0.4) is 0 Å². The Bertz CT molecular complexity index is 315. The maximum Gasteiger partial charge on any atom is 0.283 e. The molecule has 0 bridgehead atoms. The van der Waals surface area contributed by atoms with Crippen LogP contribution in [0.1, 0.15) is 13.3 Å². The molecule has 0 aliphatic heterocycles. The van der Waals surface area contributed by atoms with Gasteiger partial charge in [-0.05, 0) is 22.0 Å². The van der Waals surface area contributed by atoms with E-state index in [1.165, 1.54) is 6.07 Å². The number of rotatable bonds is 2. The molecular weight excluding hydrogens is 250 g/mol. The number of hydrogen-bond donors (Lipinski definition) is 0. The summed E-state index contributed by atoms with van der Waals surface area (Å²) in [6.45, 7) is 1.81. The summed E-state index contributed by atoms with van der Waals surface area (Å²) in [5.41, 5.74) is 0.0995. The topological polar surface area (TPSA) is 60.2 Å². The smallest absolute Gasteiger partial charge is 0.283 e. The minimum absolute atomic E-state index is 0.0995. The molecule has 0 fully saturated rings. The molecule has 76 valence electrons. The molecule has 0 radical (unpaired) electrons. The van der Waals surface area contributed by atoms with E-state index in [0.717, 1.165) is 6.29 Å². The van der Waals surface area contributed by atoms with Crippen molar-refractivity contribution in [3.8, 4) is 0 Å². The minimum Gasteiger partial charge on any atom is -0.303 e. The lowest BCUT2D eigenvalue weighted by molar-refractivity contribution is -0.385. The first-order chi connectivity index (χ1) is 6.63. The van der Waals surface area contributed by atoms with Gasteiger partial charge in [0.1, 0.15) is 6.29 Å². The van der Waals surface area contributed by atoms with Gasteiger partial charge in [-0.3, -0.25) is 10.1 Å². The highest BCUT2D eigenvalue weighted by molar-refractivity contribution is 9.10. The highest BCUT2D eigenvalue weighted by Gasteiger charge is 2.07. The number of para-hydroxylation sites is 1. The van der Waals surface area contributed by atoms with Gasteiger partial charge in [0.05, 0.1) is 9.40 Å². The van der Waals surface area contributed by atoms with Gasteiger partial charge >= 0.3 is 0 Å². The van der Waals surface area contributed by atoms with E-state index in [9.17, 15) is 14.9 Å². The summed E-state index contributed by atoms with van der Waals surface area (Å²) < 4.78 is 0.514. The molecule has 0 aliphatic rings. The molecule has 0 heterocycles. The molecule has 1 rings (SSSR count). The lowest BCUT2D eigenvalue weighted by Crippen LogP contribution is -1.87. The second kappa shape index (κ2) is 7.20. The van der Waals surface area contributed by atoms with E-state index in [-0.39, 0.29) is 5.69 Å². The summed E-state index contributed by atoms with van der Waals surface area (Å²) in [5.74, 6) is 0. The van der Waals surface area contributed by atoms with E-state index in [1.807, 2.05) is 6.92 Å². The SMILES string of the molecule is CCC=O.O=[N+]([O-])c1ccccc1Br. The van der Waals surface area contributed by atoms with Crippen LogP contribution in [-0.4, -0.2) is 11.2 Å². The number of nitro groups is 1. The van der Waals surface area contributed by atoms with Gasteiger partial charge in [0.25, 0.3) is 5.69 Å². The molecule has 0 amide bonds. The van der Waals surface area contributed by atoms with Crippen LogP contribution in [0.25, 0.3) is 0 Å². The molecule has 0 atom stereocenters. The highest BCUT2D eigenvalue weighted by atomic mass is 79.9. The molecule has 4 nitrogen and oxygen atoms in total. The van der Waals surface area contributed by atoms with Crippen molar-refractivity contribution in [2.75, 3.05) is 0 Å². The number of carbonyl (C=O) groups excluding carboxylic acids is 1. The summed E-state index contributed by atoms with van der Waals surface area (Å²) >= 11 is 3.06. The van der Waals surface area contributed by atoms with Gasteiger partial charge in [-0.25, -0.2) is 0 Å². The molecule has 0 aliphatic carbocycles. The third-order valence-electron chi connectivity index (χ3n) is 1.22. The number of nitrogens with zero attached hydrogens (tertiary/aromatic N) is 1. The molecule has 1 aromatic rings. The first kappa shape index (κ1) is 12.8. The summed E-state index contributed by atoms with van der Waals surface area (Å²) in [4.78, 5) is 18.9. The average Bonchev–Trinajstić information content (AvgIpc) is 2.18. The van der Waals surface area contributed by atoms with Gasteiger partial charge < -0.3 is 4.79 Å². The van der Waals surface area contributed by atoms with Crippen LogP contribution >= 0.6 is 15.9 Å². The zero-order valence-corrected chi connectivity index (χ0v) is 9.23. The molecule has 1 aromatic carbocycles. The average molecular weight is 260 g/mol. The molecule has 0 saturated carbocycles. The summed E-state index contributed by atoms with van der Waals surface area (Å²) in [6.07, 6.45) is 1.51. The van der Waals surface area contributed by atoms with Crippen LogP contribution in [0.4, 0.5) is 5.69 Å². The van der Waals surface area contributed by atoms with Gasteiger partial charge in [0.2, 0.25) is 0 Å². The maximum atomic E-state index is 10.2. The lowest BCUT2D eigenvalue weighted by atomic mass is 10.3. The number of carbonyl (C=O) groups is 1. The Morgan fingerprint density at radius 1 is 1.50 bits per heavy atom. The summed E-state index contributed by atoms with van der Waals surface area (Å²) in [6, 6.07) is 6.45. The predicted octanol–water partition coefficient (Wildman–Crippen LogP) is 2.95. The van der Waals surface area contributed by atoms with Gasteiger partial charge in [0, 0.05) is 12.5 Å². The van der Waals surface area contributed by atoms with E-state index < -0.39 is 4.92 Å². The molecule has 14 heavy (non-hydrogen) atoms. The van der Waals surface area contributed by atoms with Crippen molar-refractivity contribution < 1.29 is 9.72 Å². The molecule has 0 aromatic heterocycles. The number of benzene rings is 1. The van der Waals surface area contributed by atoms with E-state index in [0.29, 0.717) is 10.9 Å². The van der Waals surface area contributed by atoms with Crippen LogP contribution in [0.5, 0.6) is 0 Å². The Morgan fingerprint density at radius 2 is 2.00 bits per heavy atom. The van der Waals surface area contributed by atoms with E-state index >= 15 is 0 Å². The van der Waals surface area contributed by atoms with Crippen molar-refractivity contribution >= 4 is 27.9 Å². The van der Waals surface area contributed by atoms with Crippen molar-refractivity contribution in [3.63, 3.8) is 0 Å². The summed E-state index contributed by atoms with van der Waals surface area (Å²) in [5, 5.41) is 10.2. The Labute approximate surface area is 90.2 Å². The second-order valence-electron chi connectivity index (χ2n) is 2.28. The largest absolute Gasteiger partial charge is 0.303 e. The lowest BCUT2D eigenvalue weighted by Gasteiger charge is -1.91. The monoisotopic (exact) mass is 259 g/mol. The van der Waals surface area contributed by atoms with Gasteiger partial charge in [-0.15, -0.1) is 0 Å².